The Hall–Kier alpha value is -1.00. The Balaban J connectivity index is 1.43. The number of hydrogen-bond donors (Lipinski definition) is 2. The molecule has 1 amide bonds. The molecule has 2 bridgehead atoms. The molecule has 1 aromatic carbocycles. The van der Waals surface area contributed by atoms with Gasteiger partial charge in [0.05, 0.1) is 5.25 Å². The first kappa shape index (κ1) is 14.6. The molecule has 2 saturated carbocycles. The van der Waals surface area contributed by atoms with Crippen LogP contribution in [-0.2, 0) is 11.2 Å². The molecule has 1 aromatic rings. The molecule has 1 aliphatic heterocycles. The van der Waals surface area contributed by atoms with E-state index in [0.29, 0.717) is 23.9 Å². The zero-order valence-electron chi connectivity index (χ0n) is 12.8. The predicted molar refractivity (Wildman–Crippen MR) is 89.8 cm³/mol. The van der Waals surface area contributed by atoms with Crippen LogP contribution in [0.1, 0.15) is 37.7 Å². The zero-order chi connectivity index (χ0) is 15.1. The van der Waals surface area contributed by atoms with Gasteiger partial charge in [-0.05, 0) is 55.6 Å². The smallest absolute Gasteiger partial charge is 0.234 e. The van der Waals surface area contributed by atoms with Crippen LogP contribution in [0.3, 0.4) is 0 Å². The normalized spacial score (nSPS) is 36.7. The molecule has 3 nitrogen and oxygen atoms in total. The Bertz CT molecular complexity index is 537. The molecule has 4 heteroatoms. The Kier molecular flexibility index (Phi) is 3.91. The van der Waals surface area contributed by atoms with Crippen LogP contribution in [0, 0.1) is 11.8 Å². The highest BCUT2D eigenvalue weighted by molar-refractivity contribution is 8.01. The summed E-state index contributed by atoms with van der Waals surface area (Å²) in [7, 11) is 0. The summed E-state index contributed by atoms with van der Waals surface area (Å²) < 4.78 is 0. The van der Waals surface area contributed by atoms with Crippen molar-refractivity contribution in [2.45, 2.75) is 60.8 Å². The summed E-state index contributed by atoms with van der Waals surface area (Å²) in [4.78, 5) is 14.0. The largest absolute Gasteiger partial charge is 0.352 e. The summed E-state index contributed by atoms with van der Waals surface area (Å²) >= 11 is 1.72. The van der Waals surface area contributed by atoms with Gasteiger partial charge < -0.3 is 11.1 Å². The average Bonchev–Trinajstić information content (AvgIpc) is 2.92. The highest BCUT2D eigenvalue weighted by Crippen LogP contribution is 2.41. The minimum atomic E-state index is 0.0497. The van der Waals surface area contributed by atoms with Gasteiger partial charge in [0.1, 0.15) is 0 Å². The van der Waals surface area contributed by atoms with Crippen molar-refractivity contribution in [2.24, 2.45) is 17.6 Å². The summed E-state index contributed by atoms with van der Waals surface area (Å²) in [5.74, 6) is 1.43. The van der Waals surface area contributed by atoms with Crippen molar-refractivity contribution in [3.05, 3.63) is 29.8 Å². The topological polar surface area (TPSA) is 55.1 Å². The van der Waals surface area contributed by atoms with E-state index in [1.807, 2.05) is 0 Å². The maximum Gasteiger partial charge on any atom is 0.234 e. The summed E-state index contributed by atoms with van der Waals surface area (Å²) in [5, 5.41) is 3.45. The maximum absolute atomic E-state index is 12.7. The monoisotopic (exact) mass is 316 g/mol. The first-order chi connectivity index (χ1) is 10.7. The molecule has 0 aromatic heterocycles. The van der Waals surface area contributed by atoms with Crippen LogP contribution >= 0.6 is 11.8 Å². The molecular formula is C18H24N2OS. The van der Waals surface area contributed by atoms with Gasteiger partial charge in [-0.25, -0.2) is 0 Å². The number of hydrogen-bond acceptors (Lipinski definition) is 3. The molecule has 0 radical (unpaired) electrons. The lowest BCUT2D eigenvalue weighted by Crippen LogP contribution is -2.55. The average molecular weight is 316 g/mol. The lowest BCUT2D eigenvalue weighted by atomic mass is 9.67. The van der Waals surface area contributed by atoms with Crippen LogP contribution in [0.25, 0.3) is 0 Å². The van der Waals surface area contributed by atoms with Gasteiger partial charge in [-0.3, -0.25) is 4.79 Å². The molecule has 2 aliphatic carbocycles. The van der Waals surface area contributed by atoms with E-state index in [1.165, 1.54) is 29.7 Å². The Morgan fingerprint density at radius 2 is 1.91 bits per heavy atom. The third-order valence-corrected chi connectivity index (χ3v) is 6.94. The Labute approximate surface area is 136 Å². The molecular weight excluding hydrogens is 292 g/mol. The number of carbonyl (C=O) groups excluding carboxylic acids is 1. The third-order valence-electron chi connectivity index (χ3n) is 5.63. The molecule has 3 aliphatic rings. The van der Waals surface area contributed by atoms with E-state index in [4.69, 9.17) is 5.73 Å². The van der Waals surface area contributed by atoms with Crippen molar-refractivity contribution in [1.82, 2.24) is 5.32 Å². The second-order valence-corrected chi connectivity index (χ2v) is 8.38. The molecule has 3 atom stereocenters. The van der Waals surface area contributed by atoms with Crippen molar-refractivity contribution in [3.8, 4) is 0 Å². The van der Waals surface area contributed by atoms with Gasteiger partial charge in [0, 0.05) is 17.0 Å². The van der Waals surface area contributed by atoms with Crippen molar-refractivity contribution < 1.29 is 4.79 Å². The third kappa shape index (κ3) is 2.67. The van der Waals surface area contributed by atoms with Gasteiger partial charge in [0.15, 0.2) is 0 Å². The van der Waals surface area contributed by atoms with E-state index in [9.17, 15) is 4.79 Å². The van der Waals surface area contributed by atoms with Crippen LogP contribution in [0.15, 0.2) is 29.2 Å². The van der Waals surface area contributed by atoms with Gasteiger partial charge in [-0.1, -0.05) is 24.6 Å². The molecule has 118 valence electrons. The van der Waals surface area contributed by atoms with Crippen LogP contribution in [0.2, 0.25) is 0 Å². The zero-order valence-corrected chi connectivity index (χ0v) is 13.6. The maximum atomic E-state index is 12.7. The predicted octanol–water partition coefficient (Wildman–Crippen LogP) is 2.73. The molecule has 0 spiro atoms. The van der Waals surface area contributed by atoms with Crippen molar-refractivity contribution in [1.29, 1.82) is 0 Å². The van der Waals surface area contributed by atoms with E-state index in [2.05, 4.69) is 29.6 Å². The van der Waals surface area contributed by atoms with Gasteiger partial charge >= 0.3 is 0 Å². The number of nitrogens with one attached hydrogen (secondary N) is 1. The van der Waals surface area contributed by atoms with Gasteiger partial charge in [-0.15, -0.1) is 11.8 Å². The van der Waals surface area contributed by atoms with E-state index in [-0.39, 0.29) is 11.2 Å². The number of amides is 1. The molecule has 1 heterocycles. The van der Waals surface area contributed by atoms with E-state index >= 15 is 0 Å². The second kappa shape index (κ2) is 5.89. The summed E-state index contributed by atoms with van der Waals surface area (Å²) in [6, 6.07) is 9.09. The number of thioether (sulfide) groups is 1. The van der Waals surface area contributed by atoms with Gasteiger partial charge in [0.2, 0.25) is 5.91 Å². The number of carbonyl (C=O) groups is 1. The van der Waals surface area contributed by atoms with E-state index in [1.54, 1.807) is 11.8 Å². The first-order valence-electron chi connectivity index (χ1n) is 8.51. The van der Waals surface area contributed by atoms with Crippen molar-refractivity contribution in [2.75, 3.05) is 0 Å². The fraction of sp³-hybridized carbons (Fsp3) is 0.611. The van der Waals surface area contributed by atoms with Crippen LogP contribution in [-0.4, -0.2) is 23.2 Å². The van der Waals surface area contributed by atoms with Crippen molar-refractivity contribution >= 4 is 17.7 Å². The van der Waals surface area contributed by atoms with Crippen LogP contribution < -0.4 is 11.1 Å². The van der Waals surface area contributed by atoms with Gasteiger partial charge in [0.25, 0.3) is 0 Å². The SMILES string of the molecule is NC1CC2CCCC(C1)C2NC(=O)C1Cc2ccccc2S1. The summed E-state index contributed by atoms with van der Waals surface area (Å²) in [6.07, 6.45) is 6.80. The van der Waals surface area contributed by atoms with E-state index < -0.39 is 0 Å². The molecule has 3 N–H and O–H groups in total. The number of nitrogens with two attached hydrogens (primary N) is 1. The summed E-state index contributed by atoms with van der Waals surface area (Å²) in [5.41, 5.74) is 7.50. The first-order valence-corrected chi connectivity index (χ1v) is 9.39. The van der Waals surface area contributed by atoms with Crippen LogP contribution in [0.4, 0.5) is 0 Å². The molecule has 0 saturated heterocycles. The number of fused-ring (bicyclic) bond motifs is 3. The highest BCUT2D eigenvalue weighted by atomic mass is 32.2. The standard InChI is InChI=1S/C18H24N2OS/c19-14-8-12-5-3-6-13(9-14)17(12)20-18(21)16-10-11-4-1-2-7-15(11)22-16/h1-2,4,7,12-14,16-17H,3,5-6,8-10,19H2,(H,20,21). The lowest BCUT2D eigenvalue weighted by Gasteiger charge is -2.45. The quantitative estimate of drug-likeness (QED) is 0.882. The molecule has 22 heavy (non-hydrogen) atoms. The van der Waals surface area contributed by atoms with E-state index in [0.717, 1.165) is 19.3 Å². The van der Waals surface area contributed by atoms with Crippen LogP contribution in [0.5, 0.6) is 0 Å². The minimum absolute atomic E-state index is 0.0497. The molecule has 4 rings (SSSR count). The summed E-state index contributed by atoms with van der Waals surface area (Å²) in [6.45, 7) is 0. The highest BCUT2D eigenvalue weighted by Gasteiger charge is 2.41. The van der Waals surface area contributed by atoms with Crippen molar-refractivity contribution in [3.63, 3.8) is 0 Å². The molecule has 2 fully saturated rings. The second-order valence-electron chi connectivity index (χ2n) is 7.14. The number of benzene rings is 1. The molecule has 3 unspecified atom stereocenters. The van der Waals surface area contributed by atoms with Gasteiger partial charge in [-0.2, -0.15) is 0 Å². The lowest BCUT2D eigenvalue weighted by molar-refractivity contribution is -0.122. The Morgan fingerprint density at radius 3 is 2.64 bits per heavy atom. The Morgan fingerprint density at radius 1 is 1.18 bits per heavy atom. The fourth-order valence-corrected chi connectivity index (χ4v) is 5.81. The number of rotatable bonds is 2. The minimum Gasteiger partial charge on any atom is -0.352 e. The fourth-order valence-electron chi connectivity index (χ4n) is 4.61.